The van der Waals surface area contributed by atoms with Crippen molar-refractivity contribution in [3.05, 3.63) is 46.8 Å². The van der Waals surface area contributed by atoms with Crippen LogP contribution in [0.2, 0.25) is 0 Å². The Kier molecular flexibility index (Phi) is 5.71. The van der Waals surface area contributed by atoms with Crippen LogP contribution in [0, 0.1) is 13.8 Å². The first-order valence-corrected chi connectivity index (χ1v) is 8.75. The fourth-order valence-corrected chi connectivity index (χ4v) is 3.13. The number of hydrogen-bond donors (Lipinski definition) is 1. The van der Waals surface area contributed by atoms with Crippen molar-refractivity contribution in [1.29, 1.82) is 0 Å². The van der Waals surface area contributed by atoms with E-state index in [-0.39, 0.29) is 5.91 Å². The molecule has 6 heteroatoms. The Morgan fingerprint density at radius 2 is 2.16 bits per heavy atom. The van der Waals surface area contributed by atoms with E-state index in [9.17, 15) is 4.79 Å². The molecule has 1 aliphatic heterocycles. The summed E-state index contributed by atoms with van der Waals surface area (Å²) < 4.78 is 10.9. The minimum atomic E-state index is 0.0538. The predicted octanol–water partition coefficient (Wildman–Crippen LogP) is 2.23. The van der Waals surface area contributed by atoms with E-state index in [0.29, 0.717) is 19.7 Å². The molecule has 0 fully saturated rings. The predicted molar refractivity (Wildman–Crippen MR) is 94.5 cm³/mol. The highest BCUT2D eigenvalue weighted by Gasteiger charge is 2.17. The Morgan fingerprint density at radius 1 is 1.32 bits per heavy atom. The molecule has 0 aliphatic carbocycles. The van der Waals surface area contributed by atoms with Crippen molar-refractivity contribution >= 4 is 5.91 Å². The highest BCUT2D eigenvalue weighted by atomic mass is 16.5. The number of hydrogen-bond acceptors (Lipinski definition) is 5. The molecule has 1 amide bonds. The van der Waals surface area contributed by atoms with Gasteiger partial charge >= 0.3 is 0 Å². The van der Waals surface area contributed by atoms with E-state index in [1.54, 1.807) is 0 Å². The maximum atomic E-state index is 12.2. The number of nitrogens with one attached hydrogen (secondary N) is 1. The molecule has 1 aliphatic rings. The third-order valence-electron chi connectivity index (χ3n) is 4.51. The van der Waals surface area contributed by atoms with E-state index < -0.39 is 0 Å². The number of para-hydroxylation sites is 1. The maximum Gasteiger partial charge on any atom is 0.234 e. The standard InChI is InChI=1S/C19H25N3O3/c1-14-17(15(2)25-21-14)7-5-9-20-19(23)13-22-10-11-24-18-8-4-3-6-16(18)12-22/h3-4,6,8H,5,7,9-13H2,1-2H3,(H,20,23). The van der Waals surface area contributed by atoms with Crippen LogP contribution in [0.3, 0.4) is 0 Å². The van der Waals surface area contributed by atoms with Crippen LogP contribution in [0.4, 0.5) is 0 Å². The number of amides is 1. The molecule has 3 rings (SSSR count). The summed E-state index contributed by atoms with van der Waals surface area (Å²) in [5.41, 5.74) is 3.22. The van der Waals surface area contributed by atoms with Crippen LogP contribution in [-0.4, -0.2) is 42.2 Å². The van der Waals surface area contributed by atoms with Gasteiger partial charge < -0.3 is 14.6 Å². The first kappa shape index (κ1) is 17.5. The fraction of sp³-hybridized carbons (Fsp3) is 0.474. The lowest BCUT2D eigenvalue weighted by Gasteiger charge is -2.18. The first-order chi connectivity index (χ1) is 12.1. The van der Waals surface area contributed by atoms with Crippen molar-refractivity contribution in [2.45, 2.75) is 33.2 Å². The van der Waals surface area contributed by atoms with Crippen LogP contribution in [-0.2, 0) is 17.8 Å². The quantitative estimate of drug-likeness (QED) is 0.815. The molecule has 25 heavy (non-hydrogen) atoms. The molecule has 0 unspecified atom stereocenters. The van der Waals surface area contributed by atoms with Gasteiger partial charge in [0.05, 0.1) is 12.2 Å². The Hall–Kier alpha value is -2.34. The van der Waals surface area contributed by atoms with Gasteiger partial charge in [-0.25, -0.2) is 0 Å². The van der Waals surface area contributed by atoms with Gasteiger partial charge in [0.2, 0.25) is 5.91 Å². The van der Waals surface area contributed by atoms with Crippen molar-refractivity contribution in [1.82, 2.24) is 15.4 Å². The number of ether oxygens (including phenoxy) is 1. The highest BCUT2D eigenvalue weighted by Crippen LogP contribution is 2.22. The molecule has 1 aromatic heterocycles. The van der Waals surface area contributed by atoms with Crippen LogP contribution in [0.15, 0.2) is 28.8 Å². The molecule has 0 bridgehead atoms. The molecule has 6 nitrogen and oxygen atoms in total. The zero-order chi connectivity index (χ0) is 17.6. The van der Waals surface area contributed by atoms with Gasteiger partial charge in [-0.2, -0.15) is 0 Å². The molecule has 1 aromatic carbocycles. The van der Waals surface area contributed by atoms with Gasteiger partial charge in [0.25, 0.3) is 0 Å². The monoisotopic (exact) mass is 343 g/mol. The molecule has 0 radical (unpaired) electrons. The number of carbonyl (C=O) groups is 1. The van der Waals surface area contributed by atoms with Gasteiger partial charge in [-0.05, 0) is 32.8 Å². The maximum absolute atomic E-state index is 12.2. The summed E-state index contributed by atoms with van der Waals surface area (Å²) in [4.78, 5) is 14.3. The summed E-state index contributed by atoms with van der Waals surface area (Å²) in [6, 6.07) is 8.00. The number of rotatable bonds is 6. The SMILES string of the molecule is Cc1noc(C)c1CCCNC(=O)CN1CCOc2ccccc2C1. The zero-order valence-corrected chi connectivity index (χ0v) is 14.9. The molecule has 0 spiro atoms. The topological polar surface area (TPSA) is 67.6 Å². The van der Waals surface area contributed by atoms with E-state index in [4.69, 9.17) is 9.26 Å². The summed E-state index contributed by atoms with van der Waals surface area (Å²) in [5.74, 6) is 1.84. The van der Waals surface area contributed by atoms with Gasteiger partial charge in [0.1, 0.15) is 18.1 Å². The molecule has 134 valence electrons. The van der Waals surface area contributed by atoms with Crippen molar-refractivity contribution in [2.24, 2.45) is 0 Å². The zero-order valence-electron chi connectivity index (χ0n) is 14.9. The molecular weight excluding hydrogens is 318 g/mol. The Bertz CT molecular complexity index is 707. The Balaban J connectivity index is 1.42. The van der Waals surface area contributed by atoms with Gasteiger partial charge in [-0.15, -0.1) is 0 Å². The second-order valence-electron chi connectivity index (χ2n) is 6.42. The average molecular weight is 343 g/mol. The van der Waals surface area contributed by atoms with Gasteiger partial charge in [0, 0.05) is 30.8 Å². The summed E-state index contributed by atoms with van der Waals surface area (Å²) >= 11 is 0. The van der Waals surface area contributed by atoms with Crippen LogP contribution < -0.4 is 10.1 Å². The molecule has 0 saturated heterocycles. The largest absolute Gasteiger partial charge is 0.492 e. The number of aromatic nitrogens is 1. The van der Waals surface area contributed by atoms with Gasteiger partial charge in [-0.3, -0.25) is 9.69 Å². The highest BCUT2D eigenvalue weighted by molar-refractivity contribution is 5.78. The van der Waals surface area contributed by atoms with Crippen LogP contribution in [0.1, 0.15) is 29.0 Å². The number of fused-ring (bicyclic) bond motifs is 1. The van der Waals surface area contributed by atoms with E-state index >= 15 is 0 Å². The lowest BCUT2D eigenvalue weighted by atomic mass is 10.1. The Labute approximate surface area is 148 Å². The van der Waals surface area contributed by atoms with Crippen molar-refractivity contribution in [2.75, 3.05) is 26.2 Å². The molecule has 0 saturated carbocycles. The average Bonchev–Trinajstić information content (AvgIpc) is 2.80. The van der Waals surface area contributed by atoms with Gasteiger partial charge in [0.15, 0.2) is 0 Å². The molecule has 2 aromatic rings. The van der Waals surface area contributed by atoms with E-state index in [1.807, 2.05) is 32.0 Å². The smallest absolute Gasteiger partial charge is 0.234 e. The second kappa shape index (κ2) is 8.16. The number of nitrogens with zero attached hydrogens (tertiary/aromatic N) is 2. The lowest BCUT2D eigenvalue weighted by molar-refractivity contribution is -0.122. The van der Waals surface area contributed by atoms with E-state index in [1.165, 1.54) is 0 Å². The molecule has 2 heterocycles. The van der Waals surface area contributed by atoms with Crippen LogP contribution in [0.25, 0.3) is 0 Å². The second-order valence-corrected chi connectivity index (χ2v) is 6.42. The molecule has 1 N–H and O–H groups in total. The number of aryl methyl sites for hydroxylation is 2. The summed E-state index contributed by atoms with van der Waals surface area (Å²) in [5, 5.41) is 6.96. The summed E-state index contributed by atoms with van der Waals surface area (Å²) in [7, 11) is 0. The van der Waals surface area contributed by atoms with Crippen molar-refractivity contribution < 1.29 is 14.1 Å². The number of benzene rings is 1. The first-order valence-electron chi connectivity index (χ1n) is 8.75. The summed E-state index contributed by atoms with van der Waals surface area (Å²) in [6.07, 6.45) is 1.74. The van der Waals surface area contributed by atoms with Crippen LogP contribution >= 0.6 is 0 Å². The van der Waals surface area contributed by atoms with E-state index in [2.05, 4.69) is 21.4 Å². The number of carbonyl (C=O) groups excluding carboxylic acids is 1. The fourth-order valence-electron chi connectivity index (χ4n) is 3.13. The molecule has 0 atom stereocenters. The van der Waals surface area contributed by atoms with Gasteiger partial charge in [-0.1, -0.05) is 23.4 Å². The van der Waals surface area contributed by atoms with Crippen molar-refractivity contribution in [3.8, 4) is 5.75 Å². The van der Waals surface area contributed by atoms with Crippen LogP contribution in [0.5, 0.6) is 5.75 Å². The third-order valence-corrected chi connectivity index (χ3v) is 4.51. The Morgan fingerprint density at radius 3 is 2.96 bits per heavy atom. The normalized spacial score (nSPS) is 14.5. The summed E-state index contributed by atoms with van der Waals surface area (Å²) in [6.45, 7) is 7.02. The van der Waals surface area contributed by atoms with E-state index in [0.717, 1.165) is 54.3 Å². The lowest BCUT2D eigenvalue weighted by Crippen LogP contribution is -2.38. The molecular formula is C19H25N3O3. The minimum absolute atomic E-state index is 0.0538. The minimum Gasteiger partial charge on any atom is -0.492 e. The van der Waals surface area contributed by atoms with Crippen molar-refractivity contribution in [3.63, 3.8) is 0 Å². The third kappa shape index (κ3) is 4.60.